The molecule has 2 heteroatoms. The van der Waals surface area contributed by atoms with Gasteiger partial charge in [0.1, 0.15) is 0 Å². The van der Waals surface area contributed by atoms with E-state index in [1.54, 1.807) is 0 Å². The quantitative estimate of drug-likeness (QED) is 0.849. The first-order chi connectivity index (χ1) is 6.11. The second-order valence-corrected chi connectivity index (χ2v) is 4.92. The summed E-state index contributed by atoms with van der Waals surface area (Å²) >= 11 is 2.34. The summed E-state index contributed by atoms with van der Waals surface area (Å²) in [5, 5.41) is 0. The standard InChI is InChI=1S/C11H16IN/c1-8(2)7-11(13)9-5-3-4-6-10(9)12/h3-6,8,11H,7,13H2,1-2H3/t11-/m0/s1. The normalized spacial score (nSPS) is 13.3. The molecule has 0 fully saturated rings. The van der Waals surface area contributed by atoms with E-state index < -0.39 is 0 Å². The summed E-state index contributed by atoms with van der Waals surface area (Å²) in [5.74, 6) is 0.658. The van der Waals surface area contributed by atoms with Crippen LogP contribution in [-0.2, 0) is 0 Å². The maximum absolute atomic E-state index is 6.09. The van der Waals surface area contributed by atoms with Crippen molar-refractivity contribution in [2.75, 3.05) is 0 Å². The molecule has 0 amide bonds. The molecule has 1 nitrogen and oxygen atoms in total. The Morgan fingerprint density at radius 3 is 2.46 bits per heavy atom. The van der Waals surface area contributed by atoms with Crippen LogP contribution in [0.25, 0.3) is 0 Å². The van der Waals surface area contributed by atoms with E-state index in [2.05, 4.69) is 54.6 Å². The molecule has 0 radical (unpaired) electrons. The van der Waals surface area contributed by atoms with Crippen molar-refractivity contribution in [2.24, 2.45) is 11.7 Å². The van der Waals surface area contributed by atoms with Crippen molar-refractivity contribution < 1.29 is 0 Å². The van der Waals surface area contributed by atoms with E-state index in [1.807, 2.05) is 6.07 Å². The van der Waals surface area contributed by atoms with Crippen molar-refractivity contribution in [3.05, 3.63) is 33.4 Å². The van der Waals surface area contributed by atoms with Gasteiger partial charge in [0.2, 0.25) is 0 Å². The number of hydrogen-bond donors (Lipinski definition) is 1. The molecular formula is C11H16IN. The van der Waals surface area contributed by atoms with E-state index in [0.717, 1.165) is 6.42 Å². The Bertz CT molecular complexity index is 271. The van der Waals surface area contributed by atoms with Crippen molar-refractivity contribution in [2.45, 2.75) is 26.3 Å². The highest BCUT2D eigenvalue weighted by Crippen LogP contribution is 2.22. The molecule has 0 bridgehead atoms. The fraction of sp³-hybridized carbons (Fsp3) is 0.455. The molecule has 0 unspecified atom stereocenters. The third kappa shape index (κ3) is 3.27. The van der Waals surface area contributed by atoms with Crippen molar-refractivity contribution in [1.29, 1.82) is 0 Å². The lowest BCUT2D eigenvalue weighted by atomic mass is 9.98. The largest absolute Gasteiger partial charge is 0.324 e. The molecule has 0 spiro atoms. The monoisotopic (exact) mass is 289 g/mol. The Labute approximate surface area is 93.9 Å². The van der Waals surface area contributed by atoms with Crippen LogP contribution in [0.15, 0.2) is 24.3 Å². The van der Waals surface area contributed by atoms with Crippen molar-refractivity contribution >= 4 is 22.6 Å². The van der Waals surface area contributed by atoms with E-state index in [0.29, 0.717) is 5.92 Å². The first-order valence-corrected chi connectivity index (χ1v) is 5.69. The van der Waals surface area contributed by atoms with Crippen LogP contribution in [0, 0.1) is 9.49 Å². The molecule has 1 atom stereocenters. The third-order valence-electron chi connectivity index (χ3n) is 2.03. The van der Waals surface area contributed by atoms with Crippen LogP contribution in [-0.4, -0.2) is 0 Å². The summed E-state index contributed by atoms with van der Waals surface area (Å²) < 4.78 is 1.27. The van der Waals surface area contributed by atoms with E-state index >= 15 is 0 Å². The van der Waals surface area contributed by atoms with Gasteiger partial charge in [-0.25, -0.2) is 0 Å². The maximum atomic E-state index is 6.09. The SMILES string of the molecule is CC(C)C[C@H](N)c1ccccc1I. The molecule has 0 aliphatic carbocycles. The van der Waals surface area contributed by atoms with E-state index in [-0.39, 0.29) is 6.04 Å². The molecule has 0 heterocycles. The molecular weight excluding hydrogens is 273 g/mol. The highest BCUT2D eigenvalue weighted by atomic mass is 127. The summed E-state index contributed by atoms with van der Waals surface area (Å²) in [5.41, 5.74) is 7.37. The minimum atomic E-state index is 0.188. The smallest absolute Gasteiger partial charge is 0.0307 e. The molecule has 1 aromatic carbocycles. The van der Waals surface area contributed by atoms with Crippen LogP contribution in [0.1, 0.15) is 31.9 Å². The predicted molar refractivity (Wildman–Crippen MR) is 65.5 cm³/mol. The molecule has 0 saturated carbocycles. The average Bonchev–Trinajstić information content (AvgIpc) is 2.03. The highest BCUT2D eigenvalue weighted by Gasteiger charge is 2.10. The van der Waals surface area contributed by atoms with Crippen LogP contribution in [0.5, 0.6) is 0 Å². The Hall–Kier alpha value is -0.0900. The zero-order valence-electron chi connectivity index (χ0n) is 8.13. The van der Waals surface area contributed by atoms with Crippen LogP contribution in [0.4, 0.5) is 0 Å². The van der Waals surface area contributed by atoms with Gasteiger partial charge in [-0.3, -0.25) is 0 Å². The van der Waals surface area contributed by atoms with Gasteiger partial charge in [0, 0.05) is 9.61 Å². The lowest BCUT2D eigenvalue weighted by Gasteiger charge is -2.15. The van der Waals surface area contributed by atoms with Crippen molar-refractivity contribution in [3.8, 4) is 0 Å². The zero-order chi connectivity index (χ0) is 9.84. The maximum Gasteiger partial charge on any atom is 0.0307 e. The lowest BCUT2D eigenvalue weighted by Crippen LogP contribution is -2.14. The molecule has 2 N–H and O–H groups in total. The molecule has 1 aromatic rings. The number of hydrogen-bond acceptors (Lipinski definition) is 1. The minimum absolute atomic E-state index is 0.188. The molecule has 0 aliphatic rings. The van der Waals surface area contributed by atoms with Crippen molar-refractivity contribution in [3.63, 3.8) is 0 Å². The average molecular weight is 289 g/mol. The molecule has 0 aliphatic heterocycles. The summed E-state index contributed by atoms with van der Waals surface area (Å²) in [4.78, 5) is 0. The zero-order valence-corrected chi connectivity index (χ0v) is 10.3. The van der Waals surface area contributed by atoms with Gasteiger partial charge in [0.15, 0.2) is 0 Å². The van der Waals surface area contributed by atoms with Crippen LogP contribution in [0.3, 0.4) is 0 Å². The fourth-order valence-corrected chi connectivity index (χ4v) is 2.20. The topological polar surface area (TPSA) is 26.0 Å². The number of rotatable bonds is 3. The van der Waals surface area contributed by atoms with E-state index in [1.165, 1.54) is 9.13 Å². The van der Waals surface area contributed by atoms with Crippen LogP contribution < -0.4 is 5.73 Å². The van der Waals surface area contributed by atoms with Crippen LogP contribution in [0.2, 0.25) is 0 Å². The Kier molecular flexibility index (Phi) is 4.19. The van der Waals surface area contributed by atoms with Gasteiger partial charge in [0.25, 0.3) is 0 Å². The molecule has 1 rings (SSSR count). The van der Waals surface area contributed by atoms with Gasteiger partial charge < -0.3 is 5.73 Å². The lowest BCUT2D eigenvalue weighted by molar-refractivity contribution is 0.509. The predicted octanol–water partition coefficient (Wildman–Crippen LogP) is 3.34. The fourth-order valence-electron chi connectivity index (χ4n) is 1.41. The number of benzene rings is 1. The Morgan fingerprint density at radius 2 is 1.92 bits per heavy atom. The third-order valence-corrected chi connectivity index (χ3v) is 3.01. The first kappa shape index (κ1) is 11.0. The summed E-state index contributed by atoms with van der Waals surface area (Å²) in [7, 11) is 0. The van der Waals surface area contributed by atoms with Gasteiger partial charge in [-0.1, -0.05) is 32.0 Å². The van der Waals surface area contributed by atoms with E-state index in [9.17, 15) is 0 Å². The summed E-state index contributed by atoms with van der Waals surface area (Å²) in [6, 6.07) is 8.52. The summed E-state index contributed by atoms with van der Waals surface area (Å²) in [6.07, 6.45) is 1.06. The molecule has 0 saturated heterocycles. The molecule has 0 aromatic heterocycles. The van der Waals surface area contributed by atoms with Gasteiger partial charge in [-0.15, -0.1) is 0 Å². The first-order valence-electron chi connectivity index (χ1n) is 4.61. The van der Waals surface area contributed by atoms with Crippen molar-refractivity contribution in [1.82, 2.24) is 0 Å². The number of nitrogens with two attached hydrogens (primary N) is 1. The van der Waals surface area contributed by atoms with Gasteiger partial charge in [0.05, 0.1) is 0 Å². The van der Waals surface area contributed by atoms with Gasteiger partial charge >= 0.3 is 0 Å². The Balaban J connectivity index is 2.76. The second-order valence-electron chi connectivity index (χ2n) is 3.76. The summed E-state index contributed by atoms with van der Waals surface area (Å²) in [6.45, 7) is 4.41. The number of halogens is 1. The van der Waals surface area contributed by atoms with Gasteiger partial charge in [-0.2, -0.15) is 0 Å². The highest BCUT2D eigenvalue weighted by molar-refractivity contribution is 14.1. The minimum Gasteiger partial charge on any atom is -0.324 e. The Morgan fingerprint density at radius 1 is 1.31 bits per heavy atom. The van der Waals surface area contributed by atoms with Gasteiger partial charge in [-0.05, 0) is 46.6 Å². The van der Waals surface area contributed by atoms with E-state index in [4.69, 9.17) is 5.73 Å². The molecule has 13 heavy (non-hydrogen) atoms. The van der Waals surface area contributed by atoms with Crippen LogP contribution >= 0.6 is 22.6 Å². The second kappa shape index (κ2) is 4.96. The molecule has 72 valence electrons.